The van der Waals surface area contributed by atoms with Gasteiger partial charge in [0.15, 0.2) is 5.69 Å². The summed E-state index contributed by atoms with van der Waals surface area (Å²) in [4.78, 5) is 18.7. The Morgan fingerprint density at radius 3 is 2.44 bits per heavy atom. The number of carbonyl (C=O) groups is 1. The molecule has 0 unspecified atom stereocenters. The van der Waals surface area contributed by atoms with Gasteiger partial charge in [0.1, 0.15) is 11.5 Å². The molecule has 5 heteroatoms. The van der Waals surface area contributed by atoms with E-state index in [0.717, 1.165) is 22.4 Å². The molecule has 0 spiro atoms. The number of ether oxygens (including phenoxy) is 1. The summed E-state index contributed by atoms with van der Waals surface area (Å²) in [5.41, 5.74) is 3.50. The second-order valence-electron chi connectivity index (χ2n) is 5.94. The van der Waals surface area contributed by atoms with Gasteiger partial charge in [-0.05, 0) is 48.4 Å². The summed E-state index contributed by atoms with van der Waals surface area (Å²) in [6.45, 7) is 5.89. The Labute approximate surface area is 157 Å². The van der Waals surface area contributed by atoms with Crippen LogP contribution >= 0.6 is 0 Å². The zero-order valence-electron chi connectivity index (χ0n) is 14.8. The molecule has 1 N–H and O–H groups in total. The molecule has 0 aliphatic heterocycles. The van der Waals surface area contributed by atoms with Crippen molar-refractivity contribution in [2.45, 2.75) is 6.92 Å². The van der Waals surface area contributed by atoms with Crippen LogP contribution in [-0.2, 0) is 0 Å². The molecule has 3 rings (SSSR count). The molecule has 134 valence electrons. The topological polar surface area (TPSA) is 72.3 Å². The molecule has 0 radical (unpaired) electrons. The molecular formula is C22H18N2O3. The van der Waals surface area contributed by atoms with Crippen molar-refractivity contribution in [3.8, 4) is 11.5 Å². The third kappa shape index (κ3) is 4.89. The predicted molar refractivity (Wildman–Crippen MR) is 106 cm³/mol. The first-order valence-electron chi connectivity index (χ1n) is 8.28. The SMILES string of the molecule is C=C(C)c1ccc(Oc2cccc(/C=C/c3cnc(C(=O)O)cn3)c2)cc1. The van der Waals surface area contributed by atoms with Crippen LogP contribution in [0.1, 0.15) is 34.2 Å². The smallest absolute Gasteiger partial charge is 0.356 e. The van der Waals surface area contributed by atoms with Crippen molar-refractivity contribution < 1.29 is 14.6 Å². The Morgan fingerprint density at radius 2 is 1.81 bits per heavy atom. The number of nitrogens with zero attached hydrogens (tertiary/aromatic N) is 2. The lowest BCUT2D eigenvalue weighted by Gasteiger charge is -2.07. The third-order valence-corrected chi connectivity index (χ3v) is 3.78. The maximum atomic E-state index is 10.8. The van der Waals surface area contributed by atoms with Gasteiger partial charge in [-0.1, -0.05) is 42.5 Å². The van der Waals surface area contributed by atoms with Crippen molar-refractivity contribution in [1.82, 2.24) is 9.97 Å². The molecule has 0 saturated carbocycles. The molecule has 5 nitrogen and oxygen atoms in total. The van der Waals surface area contributed by atoms with E-state index in [4.69, 9.17) is 9.84 Å². The van der Waals surface area contributed by atoms with Crippen LogP contribution in [0.5, 0.6) is 11.5 Å². The Bertz CT molecular complexity index is 991. The molecule has 0 fully saturated rings. The van der Waals surface area contributed by atoms with E-state index in [0.29, 0.717) is 11.4 Å². The summed E-state index contributed by atoms with van der Waals surface area (Å²) >= 11 is 0. The maximum Gasteiger partial charge on any atom is 0.356 e. The van der Waals surface area contributed by atoms with Gasteiger partial charge >= 0.3 is 5.97 Å². The van der Waals surface area contributed by atoms with Crippen molar-refractivity contribution in [2.24, 2.45) is 0 Å². The van der Waals surface area contributed by atoms with Gasteiger partial charge in [0.05, 0.1) is 18.1 Å². The van der Waals surface area contributed by atoms with Crippen molar-refractivity contribution in [1.29, 1.82) is 0 Å². The minimum absolute atomic E-state index is 0.0831. The lowest BCUT2D eigenvalue weighted by Crippen LogP contribution is -2.00. The molecule has 2 aromatic carbocycles. The molecule has 0 aliphatic carbocycles. The Morgan fingerprint density at radius 1 is 1.04 bits per heavy atom. The summed E-state index contributed by atoms with van der Waals surface area (Å²) in [6, 6.07) is 15.4. The lowest BCUT2D eigenvalue weighted by molar-refractivity contribution is 0.0690. The Balaban J connectivity index is 1.71. The van der Waals surface area contributed by atoms with Gasteiger partial charge in [0, 0.05) is 0 Å². The molecular weight excluding hydrogens is 340 g/mol. The second kappa shape index (κ2) is 8.10. The van der Waals surface area contributed by atoms with Crippen LogP contribution in [0, 0.1) is 0 Å². The van der Waals surface area contributed by atoms with E-state index in [2.05, 4.69) is 16.5 Å². The molecule has 0 saturated heterocycles. The molecule has 1 heterocycles. The Hall–Kier alpha value is -3.73. The highest BCUT2D eigenvalue weighted by Gasteiger charge is 2.03. The summed E-state index contributed by atoms with van der Waals surface area (Å²) in [5.74, 6) is 0.364. The van der Waals surface area contributed by atoms with Gasteiger partial charge in [-0.3, -0.25) is 4.98 Å². The first kappa shape index (κ1) is 18.1. The van der Waals surface area contributed by atoms with Crippen LogP contribution in [0.4, 0.5) is 0 Å². The van der Waals surface area contributed by atoms with Crippen molar-refractivity contribution in [2.75, 3.05) is 0 Å². The highest BCUT2D eigenvalue weighted by molar-refractivity contribution is 5.85. The number of rotatable bonds is 6. The van der Waals surface area contributed by atoms with Crippen LogP contribution in [0.3, 0.4) is 0 Å². The minimum Gasteiger partial charge on any atom is -0.476 e. The van der Waals surface area contributed by atoms with Crippen LogP contribution in [-0.4, -0.2) is 21.0 Å². The summed E-state index contributed by atoms with van der Waals surface area (Å²) in [7, 11) is 0. The van der Waals surface area contributed by atoms with Gasteiger partial charge in [0.2, 0.25) is 0 Å². The summed E-state index contributed by atoms with van der Waals surface area (Å²) in [6.07, 6.45) is 6.28. The van der Waals surface area contributed by atoms with Gasteiger partial charge in [0.25, 0.3) is 0 Å². The average Bonchev–Trinajstić information content (AvgIpc) is 2.67. The maximum absolute atomic E-state index is 10.8. The number of carboxylic acids is 1. The molecule has 27 heavy (non-hydrogen) atoms. The van der Waals surface area contributed by atoms with E-state index in [1.54, 1.807) is 6.08 Å². The number of carboxylic acid groups (broad SMARTS) is 1. The molecule has 0 atom stereocenters. The standard InChI is InChI=1S/C22H18N2O3/c1-15(2)17-7-10-19(11-8-17)27-20-5-3-4-16(12-20)6-9-18-13-24-21(14-23-18)22(25)26/h3-14H,1H2,2H3,(H,25,26)/b9-6+. The van der Waals surface area contributed by atoms with Crippen LogP contribution < -0.4 is 4.74 Å². The van der Waals surface area contributed by atoms with E-state index in [1.165, 1.54) is 12.4 Å². The van der Waals surface area contributed by atoms with Crippen LogP contribution in [0.25, 0.3) is 17.7 Å². The lowest BCUT2D eigenvalue weighted by atomic mass is 10.1. The normalized spacial score (nSPS) is 10.7. The van der Waals surface area contributed by atoms with Crippen LogP contribution in [0.15, 0.2) is 67.5 Å². The molecule has 0 amide bonds. The first-order chi connectivity index (χ1) is 13.0. The van der Waals surface area contributed by atoms with Crippen LogP contribution in [0.2, 0.25) is 0 Å². The fourth-order valence-corrected chi connectivity index (χ4v) is 2.34. The highest BCUT2D eigenvalue weighted by Crippen LogP contribution is 2.24. The van der Waals surface area contributed by atoms with Gasteiger partial charge in [-0.25, -0.2) is 9.78 Å². The van der Waals surface area contributed by atoms with Crippen molar-refractivity contribution >= 4 is 23.7 Å². The van der Waals surface area contributed by atoms with Crippen molar-refractivity contribution in [3.63, 3.8) is 0 Å². The number of benzene rings is 2. The monoisotopic (exact) mass is 358 g/mol. The zero-order chi connectivity index (χ0) is 19.2. The Kier molecular flexibility index (Phi) is 5.42. The molecule has 1 aromatic heterocycles. The number of aromatic carboxylic acids is 1. The van der Waals surface area contributed by atoms with E-state index in [1.807, 2.05) is 61.5 Å². The van der Waals surface area contributed by atoms with E-state index in [9.17, 15) is 4.79 Å². The van der Waals surface area contributed by atoms with E-state index >= 15 is 0 Å². The van der Waals surface area contributed by atoms with Gasteiger partial charge < -0.3 is 9.84 Å². The van der Waals surface area contributed by atoms with Gasteiger partial charge in [-0.15, -0.1) is 0 Å². The molecule has 0 bridgehead atoms. The number of allylic oxidation sites excluding steroid dienone is 1. The molecule has 3 aromatic rings. The fourth-order valence-electron chi connectivity index (χ4n) is 2.34. The predicted octanol–water partition coefficient (Wildman–Crippen LogP) is 5.17. The number of hydrogen-bond acceptors (Lipinski definition) is 4. The number of aromatic nitrogens is 2. The summed E-state index contributed by atoms with van der Waals surface area (Å²) in [5, 5.41) is 8.84. The van der Waals surface area contributed by atoms with Gasteiger partial charge in [-0.2, -0.15) is 0 Å². The zero-order valence-corrected chi connectivity index (χ0v) is 14.8. The molecule has 0 aliphatic rings. The highest BCUT2D eigenvalue weighted by atomic mass is 16.5. The fraction of sp³-hybridized carbons (Fsp3) is 0.0455. The van der Waals surface area contributed by atoms with E-state index in [-0.39, 0.29) is 5.69 Å². The quantitative estimate of drug-likeness (QED) is 0.658. The summed E-state index contributed by atoms with van der Waals surface area (Å²) < 4.78 is 5.89. The third-order valence-electron chi connectivity index (χ3n) is 3.78. The first-order valence-corrected chi connectivity index (χ1v) is 8.28. The van der Waals surface area contributed by atoms with Crippen molar-refractivity contribution in [3.05, 3.63) is 90.0 Å². The average molecular weight is 358 g/mol. The second-order valence-corrected chi connectivity index (χ2v) is 5.94. The number of hydrogen-bond donors (Lipinski definition) is 1. The largest absolute Gasteiger partial charge is 0.476 e. The minimum atomic E-state index is -1.10. The van der Waals surface area contributed by atoms with E-state index < -0.39 is 5.97 Å².